The summed E-state index contributed by atoms with van der Waals surface area (Å²) in [5.41, 5.74) is 4.00. The van der Waals surface area contributed by atoms with E-state index in [1.54, 1.807) is 6.07 Å². The number of nitrogens with zero attached hydrogens (tertiary/aromatic N) is 1. The van der Waals surface area contributed by atoms with Crippen molar-refractivity contribution in [3.05, 3.63) is 89.3 Å². The zero-order valence-electron chi connectivity index (χ0n) is 19.4. The molecule has 2 amide bonds. The van der Waals surface area contributed by atoms with Gasteiger partial charge in [-0.1, -0.05) is 24.3 Å². The van der Waals surface area contributed by atoms with Gasteiger partial charge in [0, 0.05) is 27.1 Å². The van der Waals surface area contributed by atoms with E-state index >= 15 is 0 Å². The summed E-state index contributed by atoms with van der Waals surface area (Å²) in [5, 5.41) is 8.26. The summed E-state index contributed by atoms with van der Waals surface area (Å²) in [6.45, 7) is 4.48. The standard InChI is InChI=1S/C27H25N3O3S2/c1-3-33-21-13-11-19(12-14-21)24-16-35-27(29-24)30-25(31)17-34-22-9-6-8-20(15-22)28-26(32)23-10-5-4-7-18(23)2/h4-16H,3,17H2,1-2H3,(H,28,32)(H,29,30,31). The molecular weight excluding hydrogens is 478 g/mol. The summed E-state index contributed by atoms with van der Waals surface area (Å²) < 4.78 is 5.47. The average molecular weight is 504 g/mol. The van der Waals surface area contributed by atoms with Crippen molar-refractivity contribution in [2.24, 2.45) is 0 Å². The van der Waals surface area contributed by atoms with Crippen molar-refractivity contribution in [1.29, 1.82) is 0 Å². The molecule has 4 aromatic rings. The van der Waals surface area contributed by atoms with Crippen LogP contribution in [-0.4, -0.2) is 29.2 Å². The third kappa shape index (κ3) is 6.71. The van der Waals surface area contributed by atoms with Gasteiger partial charge < -0.3 is 15.4 Å². The highest BCUT2D eigenvalue weighted by molar-refractivity contribution is 8.00. The fraction of sp³-hybridized carbons (Fsp3) is 0.148. The van der Waals surface area contributed by atoms with E-state index in [-0.39, 0.29) is 17.6 Å². The van der Waals surface area contributed by atoms with E-state index in [1.807, 2.05) is 86.0 Å². The maximum atomic E-state index is 12.6. The van der Waals surface area contributed by atoms with Crippen LogP contribution in [0.2, 0.25) is 0 Å². The average Bonchev–Trinajstić information content (AvgIpc) is 3.32. The van der Waals surface area contributed by atoms with Crippen molar-refractivity contribution in [3.8, 4) is 17.0 Å². The molecule has 2 N–H and O–H groups in total. The smallest absolute Gasteiger partial charge is 0.255 e. The molecule has 0 unspecified atom stereocenters. The SMILES string of the molecule is CCOc1ccc(-c2csc(NC(=O)CSc3cccc(NC(=O)c4ccccc4C)c3)n2)cc1. The number of rotatable bonds is 9. The van der Waals surface area contributed by atoms with E-state index in [2.05, 4.69) is 15.6 Å². The fourth-order valence-electron chi connectivity index (χ4n) is 3.35. The number of ether oxygens (including phenoxy) is 1. The van der Waals surface area contributed by atoms with Gasteiger partial charge >= 0.3 is 0 Å². The third-order valence-corrected chi connectivity index (χ3v) is 6.81. The molecule has 0 spiro atoms. The van der Waals surface area contributed by atoms with Crippen molar-refractivity contribution < 1.29 is 14.3 Å². The zero-order valence-corrected chi connectivity index (χ0v) is 21.0. The summed E-state index contributed by atoms with van der Waals surface area (Å²) in [5.74, 6) is 0.746. The summed E-state index contributed by atoms with van der Waals surface area (Å²) in [6.07, 6.45) is 0. The van der Waals surface area contributed by atoms with Crippen LogP contribution in [0.25, 0.3) is 11.3 Å². The molecule has 0 bridgehead atoms. The number of carbonyl (C=O) groups is 2. The Morgan fingerprint density at radius 2 is 1.80 bits per heavy atom. The first-order chi connectivity index (χ1) is 17.0. The van der Waals surface area contributed by atoms with Crippen molar-refractivity contribution in [2.45, 2.75) is 18.7 Å². The van der Waals surface area contributed by atoms with E-state index < -0.39 is 0 Å². The van der Waals surface area contributed by atoms with Crippen LogP contribution in [0.15, 0.2) is 83.1 Å². The minimum atomic E-state index is -0.157. The lowest BCUT2D eigenvalue weighted by atomic mass is 10.1. The van der Waals surface area contributed by atoms with Crippen LogP contribution < -0.4 is 15.4 Å². The molecule has 178 valence electrons. The molecule has 0 aliphatic rings. The molecule has 6 nitrogen and oxygen atoms in total. The molecular formula is C27H25N3O3S2. The quantitative estimate of drug-likeness (QED) is 0.255. The second-order valence-electron chi connectivity index (χ2n) is 7.63. The van der Waals surface area contributed by atoms with Crippen LogP contribution in [-0.2, 0) is 4.79 Å². The highest BCUT2D eigenvalue weighted by atomic mass is 32.2. The fourth-order valence-corrected chi connectivity index (χ4v) is 4.84. The van der Waals surface area contributed by atoms with E-state index in [0.717, 1.165) is 27.5 Å². The van der Waals surface area contributed by atoms with Crippen molar-refractivity contribution in [3.63, 3.8) is 0 Å². The van der Waals surface area contributed by atoms with Gasteiger partial charge in [-0.25, -0.2) is 4.98 Å². The second kappa shape index (κ2) is 11.7. The van der Waals surface area contributed by atoms with Crippen molar-refractivity contribution >= 4 is 45.7 Å². The molecule has 0 fully saturated rings. The van der Waals surface area contributed by atoms with Gasteiger partial charge in [-0.2, -0.15) is 0 Å². The van der Waals surface area contributed by atoms with E-state index in [1.165, 1.54) is 23.1 Å². The van der Waals surface area contributed by atoms with Crippen LogP contribution in [0.5, 0.6) is 5.75 Å². The minimum Gasteiger partial charge on any atom is -0.494 e. The minimum absolute atomic E-state index is 0.142. The molecule has 8 heteroatoms. The van der Waals surface area contributed by atoms with Gasteiger partial charge in [0.1, 0.15) is 5.75 Å². The lowest BCUT2D eigenvalue weighted by Crippen LogP contribution is -2.14. The first-order valence-electron chi connectivity index (χ1n) is 11.1. The van der Waals surface area contributed by atoms with Crippen LogP contribution >= 0.6 is 23.1 Å². The number of thioether (sulfide) groups is 1. The second-order valence-corrected chi connectivity index (χ2v) is 9.54. The summed E-state index contributed by atoms with van der Waals surface area (Å²) in [6, 6.07) is 22.6. The first kappa shape index (κ1) is 24.5. The molecule has 0 atom stereocenters. The lowest BCUT2D eigenvalue weighted by Gasteiger charge is -2.09. The van der Waals surface area contributed by atoms with Gasteiger partial charge in [0.05, 0.1) is 18.1 Å². The highest BCUT2D eigenvalue weighted by Crippen LogP contribution is 2.27. The molecule has 0 saturated heterocycles. The van der Waals surface area contributed by atoms with Gasteiger partial charge in [0.2, 0.25) is 5.91 Å². The van der Waals surface area contributed by atoms with E-state index in [4.69, 9.17) is 4.74 Å². The molecule has 35 heavy (non-hydrogen) atoms. The summed E-state index contributed by atoms with van der Waals surface area (Å²) >= 11 is 2.78. The van der Waals surface area contributed by atoms with Crippen LogP contribution in [0.4, 0.5) is 10.8 Å². The summed E-state index contributed by atoms with van der Waals surface area (Å²) in [7, 11) is 0. The van der Waals surface area contributed by atoms with Gasteiger partial charge in [-0.05, 0) is 67.9 Å². The monoisotopic (exact) mass is 503 g/mol. The zero-order chi connectivity index (χ0) is 24.6. The van der Waals surface area contributed by atoms with Crippen molar-refractivity contribution in [1.82, 2.24) is 4.98 Å². The Kier molecular flexibility index (Phi) is 8.18. The van der Waals surface area contributed by atoms with Gasteiger partial charge in [-0.3, -0.25) is 9.59 Å². The molecule has 0 aliphatic carbocycles. The number of amides is 2. The maximum Gasteiger partial charge on any atom is 0.255 e. The normalized spacial score (nSPS) is 10.6. The number of nitrogens with one attached hydrogen (secondary N) is 2. The molecule has 3 aromatic carbocycles. The number of aromatic nitrogens is 1. The molecule has 1 heterocycles. The third-order valence-electron chi connectivity index (χ3n) is 5.06. The Bertz CT molecular complexity index is 1320. The molecule has 0 radical (unpaired) electrons. The van der Waals surface area contributed by atoms with E-state index in [0.29, 0.717) is 23.0 Å². The topological polar surface area (TPSA) is 80.3 Å². The Hall–Kier alpha value is -3.62. The predicted octanol–water partition coefficient (Wildman–Crippen LogP) is 6.50. The number of benzene rings is 3. The van der Waals surface area contributed by atoms with E-state index in [9.17, 15) is 9.59 Å². The lowest BCUT2D eigenvalue weighted by molar-refractivity contribution is -0.113. The Morgan fingerprint density at radius 1 is 1.00 bits per heavy atom. The molecule has 0 aliphatic heterocycles. The number of hydrogen-bond donors (Lipinski definition) is 2. The maximum absolute atomic E-state index is 12.6. The number of hydrogen-bond acceptors (Lipinski definition) is 6. The Balaban J connectivity index is 1.31. The van der Waals surface area contributed by atoms with Crippen LogP contribution in [0.3, 0.4) is 0 Å². The highest BCUT2D eigenvalue weighted by Gasteiger charge is 2.11. The number of aryl methyl sites for hydroxylation is 1. The van der Waals surface area contributed by atoms with Crippen molar-refractivity contribution in [2.75, 3.05) is 23.0 Å². The van der Waals surface area contributed by atoms with Gasteiger partial charge in [0.15, 0.2) is 5.13 Å². The van der Waals surface area contributed by atoms with Crippen LogP contribution in [0.1, 0.15) is 22.8 Å². The van der Waals surface area contributed by atoms with Gasteiger partial charge in [0.25, 0.3) is 5.91 Å². The number of thiazole rings is 1. The summed E-state index contributed by atoms with van der Waals surface area (Å²) in [4.78, 5) is 30.5. The predicted molar refractivity (Wildman–Crippen MR) is 144 cm³/mol. The first-order valence-corrected chi connectivity index (χ1v) is 13.0. The number of anilines is 2. The van der Waals surface area contributed by atoms with Crippen LogP contribution in [0, 0.1) is 6.92 Å². The Labute approximate surface area is 212 Å². The Morgan fingerprint density at radius 3 is 2.57 bits per heavy atom. The number of carbonyl (C=O) groups excluding carboxylic acids is 2. The molecule has 0 saturated carbocycles. The molecule has 1 aromatic heterocycles. The van der Waals surface area contributed by atoms with Gasteiger partial charge in [-0.15, -0.1) is 23.1 Å². The molecule has 4 rings (SSSR count). The largest absolute Gasteiger partial charge is 0.494 e.